The number of anilines is 1. The van der Waals surface area contributed by atoms with Crippen LogP contribution in [0, 0.1) is 22.7 Å². The number of amides is 1. The second kappa shape index (κ2) is 8.91. The molecular formula is C20H15Br2N3O2S. The first-order chi connectivity index (χ1) is 13.5. The van der Waals surface area contributed by atoms with E-state index in [1.54, 1.807) is 19.2 Å². The van der Waals surface area contributed by atoms with E-state index in [4.69, 9.17) is 4.74 Å². The van der Waals surface area contributed by atoms with Crippen LogP contribution < -0.4 is 10.1 Å². The fourth-order valence-corrected chi connectivity index (χ4v) is 5.90. The second-order valence-electron chi connectivity index (χ2n) is 6.17. The molecule has 28 heavy (non-hydrogen) atoms. The number of hydrogen-bond donors (Lipinski definition) is 1. The molecule has 8 heteroatoms. The Morgan fingerprint density at radius 3 is 2.54 bits per heavy atom. The fourth-order valence-electron chi connectivity index (χ4n) is 3.12. The van der Waals surface area contributed by atoms with Crippen molar-refractivity contribution in [2.75, 3.05) is 12.4 Å². The summed E-state index contributed by atoms with van der Waals surface area (Å²) in [7, 11) is 1.56. The number of carbonyl (C=O) groups is 1. The van der Waals surface area contributed by atoms with Gasteiger partial charge in [0.1, 0.15) is 28.5 Å². The third-order valence-electron chi connectivity index (χ3n) is 4.41. The Kier molecular flexibility index (Phi) is 6.56. The van der Waals surface area contributed by atoms with Gasteiger partial charge >= 0.3 is 0 Å². The molecule has 0 fully saturated rings. The van der Waals surface area contributed by atoms with Gasteiger partial charge in [-0.1, -0.05) is 0 Å². The molecule has 3 rings (SSSR count). The number of fused-ring (bicyclic) bond motifs is 1. The predicted molar refractivity (Wildman–Crippen MR) is 116 cm³/mol. The summed E-state index contributed by atoms with van der Waals surface area (Å²) >= 11 is 8.26. The van der Waals surface area contributed by atoms with Crippen molar-refractivity contribution < 1.29 is 9.53 Å². The first-order valence-corrected chi connectivity index (χ1v) is 10.9. The lowest BCUT2D eigenvalue weighted by atomic mass is 9.96. The summed E-state index contributed by atoms with van der Waals surface area (Å²) < 4.78 is 6.67. The average molecular weight is 521 g/mol. The molecule has 0 spiro atoms. The van der Waals surface area contributed by atoms with E-state index >= 15 is 0 Å². The molecule has 0 unspecified atom stereocenters. The zero-order valence-electron chi connectivity index (χ0n) is 14.9. The Morgan fingerprint density at radius 1 is 1.25 bits per heavy atom. The Labute approximate surface area is 183 Å². The van der Waals surface area contributed by atoms with Gasteiger partial charge < -0.3 is 10.1 Å². The molecule has 2 aromatic rings. The molecule has 0 aliphatic heterocycles. The Bertz CT molecular complexity index is 1040. The molecule has 1 aliphatic rings. The molecule has 0 radical (unpaired) electrons. The SMILES string of the molecule is COc1c(Br)cc(/C=C(\C#N)C(=O)Nc2sc3c(c2C#N)CCCC3)cc1Br. The molecule has 1 amide bonds. The summed E-state index contributed by atoms with van der Waals surface area (Å²) in [4.78, 5) is 13.8. The van der Waals surface area contributed by atoms with Gasteiger partial charge in [0.25, 0.3) is 5.91 Å². The summed E-state index contributed by atoms with van der Waals surface area (Å²) in [5.41, 5.74) is 2.19. The Morgan fingerprint density at radius 2 is 1.93 bits per heavy atom. The maximum absolute atomic E-state index is 12.7. The van der Waals surface area contributed by atoms with E-state index < -0.39 is 5.91 Å². The lowest BCUT2D eigenvalue weighted by molar-refractivity contribution is -0.112. The molecule has 5 nitrogen and oxygen atoms in total. The van der Waals surface area contributed by atoms with Crippen molar-refractivity contribution in [1.29, 1.82) is 10.5 Å². The maximum Gasteiger partial charge on any atom is 0.266 e. The number of halogens is 2. The van der Waals surface area contributed by atoms with Crippen LogP contribution in [0.25, 0.3) is 6.08 Å². The predicted octanol–water partition coefficient (Wildman–Crippen LogP) is 5.58. The van der Waals surface area contributed by atoms with Crippen molar-refractivity contribution >= 4 is 60.2 Å². The summed E-state index contributed by atoms with van der Waals surface area (Å²) in [6, 6.07) is 7.68. The summed E-state index contributed by atoms with van der Waals surface area (Å²) in [5.74, 6) is 0.101. The standard InChI is InChI=1S/C20H15Br2N3O2S/c1-27-18-15(21)7-11(8-16(18)22)6-12(9-23)19(26)25-20-14(10-24)13-4-2-3-5-17(13)28-20/h6-8H,2-5H2,1H3,(H,25,26)/b12-6+. The van der Waals surface area contributed by atoms with Gasteiger partial charge in [0.15, 0.2) is 0 Å². The van der Waals surface area contributed by atoms with Crippen LogP contribution in [0.2, 0.25) is 0 Å². The van der Waals surface area contributed by atoms with Crippen LogP contribution >= 0.6 is 43.2 Å². The maximum atomic E-state index is 12.7. The van der Waals surface area contributed by atoms with Gasteiger partial charge in [-0.15, -0.1) is 11.3 Å². The quantitative estimate of drug-likeness (QED) is 0.421. The van der Waals surface area contributed by atoms with Crippen molar-refractivity contribution in [1.82, 2.24) is 0 Å². The smallest absolute Gasteiger partial charge is 0.266 e. The number of rotatable bonds is 4. The minimum absolute atomic E-state index is 0.0424. The van der Waals surface area contributed by atoms with Crippen LogP contribution in [0.15, 0.2) is 26.7 Å². The average Bonchev–Trinajstić information content (AvgIpc) is 3.02. The van der Waals surface area contributed by atoms with E-state index in [1.165, 1.54) is 17.4 Å². The topological polar surface area (TPSA) is 85.9 Å². The van der Waals surface area contributed by atoms with Crippen LogP contribution in [0.1, 0.15) is 34.4 Å². The highest BCUT2D eigenvalue weighted by molar-refractivity contribution is 9.11. The Balaban J connectivity index is 1.90. The highest BCUT2D eigenvalue weighted by Gasteiger charge is 2.22. The van der Waals surface area contributed by atoms with Crippen LogP contribution in [-0.2, 0) is 17.6 Å². The van der Waals surface area contributed by atoms with Gasteiger partial charge in [0.2, 0.25) is 0 Å². The number of thiophene rings is 1. The second-order valence-corrected chi connectivity index (χ2v) is 8.98. The van der Waals surface area contributed by atoms with Gasteiger partial charge in [-0.05, 0) is 86.9 Å². The molecule has 0 saturated heterocycles. The summed E-state index contributed by atoms with van der Waals surface area (Å²) in [6.45, 7) is 0. The van der Waals surface area contributed by atoms with Crippen molar-refractivity contribution in [3.8, 4) is 17.9 Å². The number of benzene rings is 1. The number of nitrogens with zero attached hydrogens (tertiary/aromatic N) is 2. The van der Waals surface area contributed by atoms with Crippen molar-refractivity contribution in [2.45, 2.75) is 25.7 Å². The van der Waals surface area contributed by atoms with Crippen molar-refractivity contribution in [2.24, 2.45) is 0 Å². The normalized spacial score (nSPS) is 13.2. The monoisotopic (exact) mass is 519 g/mol. The first kappa shape index (κ1) is 20.6. The van der Waals surface area contributed by atoms with E-state index in [0.29, 0.717) is 30.8 Å². The molecule has 1 aromatic heterocycles. The highest BCUT2D eigenvalue weighted by Crippen LogP contribution is 2.38. The van der Waals surface area contributed by atoms with Gasteiger partial charge in [-0.25, -0.2) is 0 Å². The number of nitrogens with one attached hydrogen (secondary N) is 1. The van der Waals surface area contributed by atoms with E-state index in [-0.39, 0.29) is 5.57 Å². The minimum atomic E-state index is -0.527. The molecular weight excluding hydrogens is 506 g/mol. The number of ether oxygens (including phenoxy) is 1. The number of aryl methyl sites for hydroxylation is 1. The molecule has 1 aromatic carbocycles. The zero-order chi connectivity index (χ0) is 20.3. The summed E-state index contributed by atoms with van der Waals surface area (Å²) in [5, 5.41) is 22.3. The molecule has 1 aliphatic carbocycles. The molecule has 1 N–H and O–H groups in total. The fraction of sp³-hybridized carbons (Fsp3) is 0.250. The van der Waals surface area contributed by atoms with E-state index in [0.717, 1.165) is 36.1 Å². The van der Waals surface area contributed by atoms with Crippen molar-refractivity contribution in [3.63, 3.8) is 0 Å². The van der Waals surface area contributed by atoms with Crippen LogP contribution in [-0.4, -0.2) is 13.0 Å². The first-order valence-electron chi connectivity index (χ1n) is 8.49. The molecule has 1 heterocycles. The van der Waals surface area contributed by atoms with Gasteiger partial charge in [0.05, 0.1) is 21.6 Å². The van der Waals surface area contributed by atoms with Gasteiger partial charge in [-0.3, -0.25) is 4.79 Å². The van der Waals surface area contributed by atoms with Crippen LogP contribution in [0.3, 0.4) is 0 Å². The number of nitriles is 2. The third-order valence-corrected chi connectivity index (χ3v) is 6.80. The third kappa shape index (κ3) is 4.15. The van der Waals surface area contributed by atoms with E-state index in [1.807, 2.05) is 6.07 Å². The molecule has 0 saturated carbocycles. The molecule has 142 valence electrons. The van der Waals surface area contributed by atoms with E-state index in [9.17, 15) is 15.3 Å². The van der Waals surface area contributed by atoms with Gasteiger partial charge in [-0.2, -0.15) is 10.5 Å². The molecule has 0 atom stereocenters. The van der Waals surface area contributed by atoms with Crippen LogP contribution in [0.5, 0.6) is 5.75 Å². The number of hydrogen-bond acceptors (Lipinski definition) is 5. The number of carbonyl (C=O) groups excluding carboxylic acids is 1. The largest absolute Gasteiger partial charge is 0.494 e. The number of methoxy groups -OCH3 is 1. The lowest BCUT2D eigenvalue weighted by Gasteiger charge is -2.09. The minimum Gasteiger partial charge on any atom is -0.494 e. The van der Waals surface area contributed by atoms with Gasteiger partial charge in [0, 0.05) is 4.88 Å². The Hall–Kier alpha value is -2.13. The lowest BCUT2D eigenvalue weighted by Crippen LogP contribution is -2.13. The molecule has 0 bridgehead atoms. The van der Waals surface area contributed by atoms with Crippen LogP contribution in [0.4, 0.5) is 5.00 Å². The van der Waals surface area contributed by atoms with E-state index in [2.05, 4.69) is 43.2 Å². The zero-order valence-corrected chi connectivity index (χ0v) is 18.9. The van der Waals surface area contributed by atoms with Crippen molar-refractivity contribution in [3.05, 3.63) is 48.2 Å². The highest BCUT2D eigenvalue weighted by atomic mass is 79.9. The summed E-state index contributed by atoms with van der Waals surface area (Å²) in [6.07, 6.45) is 5.44.